The van der Waals surface area contributed by atoms with Crippen molar-refractivity contribution >= 4 is 0 Å². The fourth-order valence-corrected chi connectivity index (χ4v) is 0.381. The van der Waals surface area contributed by atoms with E-state index in [1.165, 1.54) is 25.3 Å². The third-order valence-corrected chi connectivity index (χ3v) is 0.996. The van der Waals surface area contributed by atoms with Crippen LogP contribution in [0.3, 0.4) is 0 Å². The van der Waals surface area contributed by atoms with Crippen molar-refractivity contribution in [1.29, 1.82) is 0 Å². The molecule has 1 aliphatic carbocycles. The van der Waals surface area contributed by atoms with Crippen molar-refractivity contribution in [3.8, 4) is 0 Å². The highest BCUT2D eigenvalue weighted by atomic mass is 14.6. The molecule has 0 aromatic rings. The van der Waals surface area contributed by atoms with E-state index >= 15 is 0 Å². The average Bonchev–Trinajstić information content (AvgIpc) is 1.30. The van der Waals surface area contributed by atoms with E-state index in [9.17, 15) is 0 Å². The molecule has 1 aliphatic rings. The van der Waals surface area contributed by atoms with Crippen LogP contribution in [0.4, 0.5) is 0 Å². The predicted octanol–water partition coefficient (Wildman–Crippen LogP) is 0.661. The Hall–Kier alpha value is -0.0400. The quantitative estimate of drug-likeness (QED) is 0.445. The minimum absolute atomic E-state index is 1.18. The van der Waals surface area contributed by atoms with Crippen LogP contribution in [-0.4, -0.2) is 0 Å². The summed E-state index contributed by atoms with van der Waals surface area (Å²) in [6.07, 6.45) is 3.69. The highest BCUT2D eigenvalue weighted by molar-refractivity contribution is 4.90. The van der Waals surface area contributed by atoms with Gasteiger partial charge in [-0.25, -0.2) is 0 Å². The van der Waals surface area contributed by atoms with Crippen molar-refractivity contribution in [2.45, 2.75) is 19.3 Å². The third kappa shape index (κ3) is 0.428. The molecule has 0 bridgehead atoms. The monoisotopic (exact) mass is 70.1 g/mol. The van der Waals surface area contributed by atoms with Gasteiger partial charge in [-0.1, -0.05) is 0 Å². The van der Waals surface area contributed by atoms with Crippen LogP contribution in [0.15, 0.2) is 0 Å². The molecule has 2 N–H and O–H groups in total. The maximum atomic E-state index is 5.30. The van der Waals surface area contributed by atoms with Gasteiger partial charge in [0.2, 0.25) is 0 Å². The second kappa shape index (κ2) is 0.977. The molecule has 1 nitrogen and oxygen atoms in total. The molecule has 1 heteroatoms. The van der Waals surface area contributed by atoms with Crippen LogP contribution < -0.4 is 5.73 Å². The molecular weight excluding hydrogens is 62.1 g/mol. The van der Waals surface area contributed by atoms with Gasteiger partial charge in [0.25, 0.3) is 0 Å². The lowest BCUT2D eigenvalue weighted by atomic mass is 9.95. The van der Waals surface area contributed by atoms with Gasteiger partial charge in [0, 0.05) is 6.04 Å². The van der Waals surface area contributed by atoms with Gasteiger partial charge >= 0.3 is 0 Å². The van der Waals surface area contributed by atoms with E-state index in [0.717, 1.165) is 0 Å². The number of hydrogen-bond acceptors (Lipinski definition) is 1. The summed E-state index contributed by atoms with van der Waals surface area (Å²) in [5, 5.41) is 0. The molecule has 1 fully saturated rings. The first-order chi connectivity index (χ1) is 2.39. The van der Waals surface area contributed by atoms with Gasteiger partial charge in [0.05, 0.1) is 0 Å². The minimum atomic E-state index is 1.18. The SMILES string of the molecule is N[C]1CCC1. The summed E-state index contributed by atoms with van der Waals surface area (Å²) in [4.78, 5) is 0. The van der Waals surface area contributed by atoms with Crippen molar-refractivity contribution < 1.29 is 0 Å². The molecule has 0 saturated heterocycles. The molecule has 0 spiro atoms. The number of rotatable bonds is 0. The van der Waals surface area contributed by atoms with E-state index in [4.69, 9.17) is 5.73 Å². The molecular formula is C4H8N. The summed E-state index contributed by atoms with van der Waals surface area (Å²) < 4.78 is 0. The Morgan fingerprint density at radius 2 is 1.80 bits per heavy atom. The lowest BCUT2D eigenvalue weighted by Crippen LogP contribution is -2.17. The predicted molar refractivity (Wildman–Crippen MR) is 21.3 cm³/mol. The van der Waals surface area contributed by atoms with Crippen LogP contribution in [-0.2, 0) is 0 Å². The molecule has 5 heavy (non-hydrogen) atoms. The van der Waals surface area contributed by atoms with Gasteiger partial charge < -0.3 is 5.73 Å². The Bertz CT molecular complexity index is 30.6. The molecule has 1 radical (unpaired) electrons. The van der Waals surface area contributed by atoms with E-state index < -0.39 is 0 Å². The van der Waals surface area contributed by atoms with Crippen molar-refractivity contribution in [2.24, 2.45) is 5.73 Å². The maximum Gasteiger partial charge on any atom is 0.0336 e. The van der Waals surface area contributed by atoms with E-state index in [2.05, 4.69) is 0 Å². The highest BCUT2D eigenvalue weighted by Crippen LogP contribution is 2.21. The van der Waals surface area contributed by atoms with Crippen LogP contribution >= 0.6 is 0 Å². The van der Waals surface area contributed by atoms with Crippen LogP contribution in [0, 0.1) is 6.04 Å². The Labute approximate surface area is 32.2 Å². The maximum absolute atomic E-state index is 5.30. The number of hydrogen-bond donors (Lipinski definition) is 1. The molecule has 0 heterocycles. The summed E-state index contributed by atoms with van der Waals surface area (Å²) in [6.45, 7) is 0. The van der Waals surface area contributed by atoms with E-state index in [1.807, 2.05) is 0 Å². The first kappa shape index (κ1) is 3.16. The molecule has 0 aromatic carbocycles. The van der Waals surface area contributed by atoms with Crippen molar-refractivity contribution in [1.82, 2.24) is 0 Å². The third-order valence-electron chi connectivity index (χ3n) is 0.996. The Morgan fingerprint density at radius 3 is 1.80 bits per heavy atom. The zero-order valence-electron chi connectivity index (χ0n) is 3.20. The fraction of sp³-hybridized carbons (Fsp3) is 0.750. The van der Waals surface area contributed by atoms with Gasteiger partial charge in [0.15, 0.2) is 0 Å². The molecule has 0 amide bonds. The Morgan fingerprint density at radius 1 is 1.40 bits per heavy atom. The average molecular weight is 70.1 g/mol. The van der Waals surface area contributed by atoms with Crippen LogP contribution in [0.1, 0.15) is 19.3 Å². The van der Waals surface area contributed by atoms with E-state index in [1.54, 1.807) is 0 Å². The molecule has 0 aromatic heterocycles. The topological polar surface area (TPSA) is 26.0 Å². The van der Waals surface area contributed by atoms with Crippen LogP contribution in [0.25, 0.3) is 0 Å². The zero-order chi connectivity index (χ0) is 3.70. The lowest BCUT2D eigenvalue weighted by Gasteiger charge is -2.17. The van der Waals surface area contributed by atoms with Gasteiger partial charge in [-0.3, -0.25) is 0 Å². The normalized spacial score (nSPS) is 25.8. The largest absolute Gasteiger partial charge is 0.324 e. The summed E-state index contributed by atoms with van der Waals surface area (Å²) in [5.74, 6) is 0. The molecule has 0 unspecified atom stereocenters. The smallest absolute Gasteiger partial charge is 0.0336 e. The van der Waals surface area contributed by atoms with Gasteiger partial charge in [-0.05, 0) is 19.3 Å². The van der Waals surface area contributed by atoms with Crippen LogP contribution in [0.5, 0.6) is 0 Å². The molecule has 1 saturated carbocycles. The van der Waals surface area contributed by atoms with Crippen molar-refractivity contribution in [3.05, 3.63) is 6.04 Å². The highest BCUT2D eigenvalue weighted by Gasteiger charge is 2.10. The first-order valence-corrected chi connectivity index (χ1v) is 2.00. The molecule has 0 aliphatic heterocycles. The Kier molecular flexibility index (Phi) is 0.618. The zero-order valence-corrected chi connectivity index (χ0v) is 3.20. The second-order valence-electron chi connectivity index (χ2n) is 1.51. The summed E-state index contributed by atoms with van der Waals surface area (Å²) in [5.41, 5.74) is 5.30. The molecule has 0 atom stereocenters. The van der Waals surface area contributed by atoms with Crippen LogP contribution in [0.2, 0.25) is 0 Å². The summed E-state index contributed by atoms with van der Waals surface area (Å²) in [6, 6.07) is 1.19. The van der Waals surface area contributed by atoms with Crippen molar-refractivity contribution in [3.63, 3.8) is 0 Å². The fourth-order valence-electron chi connectivity index (χ4n) is 0.381. The van der Waals surface area contributed by atoms with Gasteiger partial charge in [-0.15, -0.1) is 0 Å². The van der Waals surface area contributed by atoms with Gasteiger partial charge in [0.1, 0.15) is 0 Å². The van der Waals surface area contributed by atoms with Crippen molar-refractivity contribution in [2.75, 3.05) is 0 Å². The lowest BCUT2D eigenvalue weighted by molar-refractivity contribution is 0.542. The first-order valence-electron chi connectivity index (χ1n) is 2.00. The van der Waals surface area contributed by atoms with E-state index in [-0.39, 0.29) is 0 Å². The molecule has 29 valence electrons. The Balaban J connectivity index is 2.08. The molecule has 1 rings (SSSR count). The minimum Gasteiger partial charge on any atom is -0.324 e. The summed E-state index contributed by atoms with van der Waals surface area (Å²) in [7, 11) is 0. The van der Waals surface area contributed by atoms with Gasteiger partial charge in [-0.2, -0.15) is 0 Å². The standard InChI is InChI=1S/C4H8N/c5-4-2-1-3-4/h1-3,5H2. The summed E-state index contributed by atoms with van der Waals surface area (Å²) >= 11 is 0. The second-order valence-corrected chi connectivity index (χ2v) is 1.51. The number of nitrogens with two attached hydrogens (primary N) is 1. The van der Waals surface area contributed by atoms with E-state index in [0.29, 0.717) is 0 Å².